The lowest BCUT2D eigenvalue weighted by Crippen LogP contribution is -2.15. The largest absolute Gasteiger partial charge is 0.368 e. The summed E-state index contributed by atoms with van der Waals surface area (Å²) in [7, 11) is 0. The minimum atomic E-state index is 0.179. The third-order valence-corrected chi connectivity index (χ3v) is 4.09. The van der Waals surface area contributed by atoms with Crippen molar-refractivity contribution in [1.82, 2.24) is 15.0 Å². The maximum absolute atomic E-state index is 5.74. The molecule has 1 fully saturated rings. The number of thioether (sulfide) groups is 1. The lowest BCUT2D eigenvalue weighted by molar-refractivity contribution is 0.394. The Balaban J connectivity index is 2.02. The van der Waals surface area contributed by atoms with Crippen molar-refractivity contribution in [3.63, 3.8) is 0 Å². The van der Waals surface area contributed by atoms with E-state index >= 15 is 0 Å². The normalized spacial score (nSPS) is 25.6. The predicted octanol–water partition coefficient (Wildman–Crippen LogP) is 2.78. The molecule has 0 amide bonds. The van der Waals surface area contributed by atoms with Gasteiger partial charge in [0.15, 0.2) is 5.16 Å². The highest BCUT2D eigenvalue weighted by molar-refractivity contribution is 7.99. The number of aromatic nitrogens is 3. The minimum Gasteiger partial charge on any atom is -0.368 e. The summed E-state index contributed by atoms with van der Waals surface area (Å²) < 4.78 is 0. The van der Waals surface area contributed by atoms with Gasteiger partial charge in [-0.2, -0.15) is 15.0 Å². The summed E-state index contributed by atoms with van der Waals surface area (Å²) in [5.74, 6) is 0.993. The van der Waals surface area contributed by atoms with Gasteiger partial charge in [-0.25, -0.2) is 0 Å². The Morgan fingerprint density at radius 3 is 2.81 bits per heavy atom. The van der Waals surface area contributed by atoms with Crippen LogP contribution in [0.15, 0.2) is 5.16 Å². The van der Waals surface area contributed by atoms with Crippen LogP contribution < -0.4 is 5.73 Å². The van der Waals surface area contributed by atoms with Crippen LogP contribution in [0.4, 0.5) is 5.95 Å². The van der Waals surface area contributed by atoms with Crippen LogP contribution in [0.3, 0.4) is 0 Å². The van der Waals surface area contributed by atoms with Crippen molar-refractivity contribution in [2.75, 3.05) is 5.73 Å². The van der Waals surface area contributed by atoms with Crippen molar-refractivity contribution in [3.05, 3.63) is 5.28 Å². The van der Waals surface area contributed by atoms with Crippen molar-refractivity contribution in [1.29, 1.82) is 0 Å². The monoisotopic (exact) mass is 258 g/mol. The fourth-order valence-corrected chi connectivity index (χ4v) is 3.54. The Kier molecular flexibility index (Phi) is 3.86. The van der Waals surface area contributed by atoms with Gasteiger partial charge in [-0.15, -0.1) is 0 Å². The van der Waals surface area contributed by atoms with E-state index in [0.717, 1.165) is 5.92 Å². The third kappa shape index (κ3) is 3.22. The number of nitrogens with zero attached hydrogens (tertiary/aromatic N) is 3. The predicted molar refractivity (Wildman–Crippen MR) is 66.5 cm³/mol. The number of hydrogen-bond donors (Lipinski definition) is 1. The summed E-state index contributed by atoms with van der Waals surface area (Å²) >= 11 is 7.41. The van der Waals surface area contributed by atoms with E-state index in [1.807, 2.05) is 0 Å². The number of nitrogen functional groups attached to an aromatic ring is 1. The summed E-state index contributed by atoms with van der Waals surface area (Å²) in [6.07, 6.45) is 5.05. The highest BCUT2D eigenvalue weighted by Crippen LogP contribution is 2.34. The van der Waals surface area contributed by atoms with Gasteiger partial charge < -0.3 is 5.73 Å². The van der Waals surface area contributed by atoms with Crippen LogP contribution in [0.2, 0.25) is 5.28 Å². The molecule has 88 valence electrons. The van der Waals surface area contributed by atoms with Crippen LogP contribution in [0.1, 0.15) is 32.6 Å². The zero-order valence-corrected chi connectivity index (χ0v) is 10.8. The molecular weight excluding hydrogens is 244 g/mol. The van der Waals surface area contributed by atoms with E-state index in [0.29, 0.717) is 10.4 Å². The van der Waals surface area contributed by atoms with Gasteiger partial charge in [-0.05, 0) is 30.4 Å². The first-order valence-electron chi connectivity index (χ1n) is 5.47. The highest BCUT2D eigenvalue weighted by atomic mass is 35.5. The molecule has 1 aromatic rings. The molecule has 4 nitrogen and oxygen atoms in total. The van der Waals surface area contributed by atoms with Crippen molar-refractivity contribution in [2.24, 2.45) is 5.92 Å². The first-order valence-corrected chi connectivity index (χ1v) is 6.73. The highest BCUT2D eigenvalue weighted by Gasteiger charge is 2.21. The number of anilines is 1. The summed E-state index contributed by atoms with van der Waals surface area (Å²) in [5.41, 5.74) is 5.53. The minimum absolute atomic E-state index is 0.179. The van der Waals surface area contributed by atoms with E-state index < -0.39 is 0 Å². The Hall–Kier alpha value is -0.550. The van der Waals surface area contributed by atoms with E-state index in [-0.39, 0.29) is 11.2 Å². The summed E-state index contributed by atoms with van der Waals surface area (Å²) in [6, 6.07) is 0. The maximum Gasteiger partial charge on any atom is 0.228 e. The van der Waals surface area contributed by atoms with E-state index in [2.05, 4.69) is 21.9 Å². The Morgan fingerprint density at radius 1 is 1.31 bits per heavy atom. The molecule has 1 aliphatic rings. The first-order chi connectivity index (χ1) is 7.63. The summed E-state index contributed by atoms with van der Waals surface area (Å²) in [5, 5.41) is 1.41. The summed E-state index contributed by atoms with van der Waals surface area (Å²) in [4.78, 5) is 11.9. The van der Waals surface area contributed by atoms with Gasteiger partial charge in [-0.1, -0.05) is 31.5 Å². The molecule has 0 bridgehead atoms. The third-order valence-electron chi connectivity index (χ3n) is 2.77. The van der Waals surface area contributed by atoms with E-state index in [4.69, 9.17) is 17.3 Å². The lowest BCUT2D eigenvalue weighted by Gasteiger charge is -2.25. The molecule has 0 saturated heterocycles. The van der Waals surface area contributed by atoms with Gasteiger partial charge in [0.05, 0.1) is 0 Å². The molecule has 16 heavy (non-hydrogen) atoms. The number of rotatable bonds is 2. The van der Waals surface area contributed by atoms with Gasteiger partial charge in [0.25, 0.3) is 0 Å². The van der Waals surface area contributed by atoms with Crippen LogP contribution in [0.25, 0.3) is 0 Å². The van der Waals surface area contributed by atoms with E-state index in [9.17, 15) is 0 Å². The molecule has 2 rings (SSSR count). The van der Waals surface area contributed by atoms with Crippen molar-refractivity contribution in [3.8, 4) is 0 Å². The lowest BCUT2D eigenvalue weighted by atomic mass is 9.91. The first kappa shape index (κ1) is 11.9. The fourth-order valence-electron chi connectivity index (χ4n) is 2.03. The molecule has 1 heterocycles. The van der Waals surface area contributed by atoms with Crippen LogP contribution >= 0.6 is 23.4 Å². The van der Waals surface area contributed by atoms with Crippen molar-refractivity contribution < 1.29 is 0 Å². The second kappa shape index (κ2) is 5.19. The standard InChI is InChI=1S/C10H15ClN4S/c1-6-3-2-4-7(5-6)16-10-14-8(11)13-9(12)15-10/h6-7H,2-5H2,1H3,(H2,12,13,14,15). The molecule has 6 heteroatoms. The molecule has 1 aromatic heterocycles. The Labute approximate surface area is 104 Å². The maximum atomic E-state index is 5.74. The number of hydrogen-bond acceptors (Lipinski definition) is 5. The molecule has 2 N–H and O–H groups in total. The van der Waals surface area contributed by atoms with E-state index in [1.165, 1.54) is 25.7 Å². The fraction of sp³-hybridized carbons (Fsp3) is 0.700. The van der Waals surface area contributed by atoms with Gasteiger partial charge in [-0.3, -0.25) is 0 Å². The molecule has 0 aliphatic heterocycles. The molecule has 2 atom stereocenters. The average Bonchev–Trinajstić information content (AvgIpc) is 2.15. The smallest absolute Gasteiger partial charge is 0.228 e. The molecule has 0 spiro atoms. The van der Waals surface area contributed by atoms with Gasteiger partial charge >= 0.3 is 0 Å². The SMILES string of the molecule is CC1CCCC(Sc2nc(N)nc(Cl)n2)C1. The molecule has 0 radical (unpaired) electrons. The quantitative estimate of drug-likeness (QED) is 0.884. The topological polar surface area (TPSA) is 64.7 Å². The van der Waals surface area contributed by atoms with E-state index in [1.54, 1.807) is 11.8 Å². The summed E-state index contributed by atoms with van der Waals surface area (Å²) in [6.45, 7) is 2.29. The van der Waals surface area contributed by atoms with Crippen molar-refractivity contribution >= 4 is 29.3 Å². The van der Waals surface area contributed by atoms with Crippen LogP contribution in [-0.2, 0) is 0 Å². The van der Waals surface area contributed by atoms with Gasteiger partial charge in [0.1, 0.15) is 0 Å². The molecular formula is C10H15ClN4S. The second-order valence-electron chi connectivity index (χ2n) is 4.26. The molecule has 1 saturated carbocycles. The van der Waals surface area contributed by atoms with Crippen LogP contribution in [0.5, 0.6) is 0 Å². The van der Waals surface area contributed by atoms with Gasteiger partial charge in [0.2, 0.25) is 11.2 Å². The average molecular weight is 259 g/mol. The molecule has 0 aromatic carbocycles. The zero-order valence-electron chi connectivity index (χ0n) is 9.19. The molecule has 2 unspecified atom stereocenters. The van der Waals surface area contributed by atoms with Crippen molar-refractivity contribution in [2.45, 2.75) is 43.0 Å². The molecule has 1 aliphatic carbocycles. The number of halogens is 1. The van der Waals surface area contributed by atoms with Crippen LogP contribution in [0, 0.1) is 5.92 Å². The number of nitrogens with two attached hydrogens (primary N) is 1. The van der Waals surface area contributed by atoms with Gasteiger partial charge in [0, 0.05) is 5.25 Å². The van der Waals surface area contributed by atoms with Crippen LogP contribution in [-0.4, -0.2) is 20.2 Å². The Bertz CT molecular complexity index is 354. The zero-order chi connectivity index (χ0) is 11.5. The Morgan fingerprint density at radius 2 is 2.12 bits per heavy atom. The second-order valence-corrected chi connectivity index (χ2v) is 5.86.